The first kappa shape index (κ1) is 18.8. The molecule has 0 radical (unpaired) electrons. The van der Waals surface area contributed by atoms with E-state index < -0.39 is 0 Å². The van der Waals surface area contributed by atoms with Crippen LogP contribution in [0.5, 0.6) is 0 Å². The minimum atomic E-state index is -0.315. The molecule has 1 atom stereocenters. The van der Waals surface area contributed by atoms with Crippen molar-refractivity contribution < 1.29 is 14.4 Å². The lowest BCUT2D eigenvalue weighted by Gasteiger charge is -2.16. The van der Waals surface area contributed by atoms with Crippen LogP contribution in [0.15, 0.2) is 42.5 Å². The van der Waals surface area contributed by atoms with Crippen LogP contribution in [0, 0.1) is 6.92 Å². The van der Waals surface area contributed by atoms with Gasteiger partial charge in [0.1, 0.15) is 0 Å². The zero-order chi connectivity index (χ0) is 19.6. The highest BCUT2D eigenvalue weighted by Gasteiger charge is 2.35. The number of imide groups is 1. The average Bonchev–Trinajstić information content (AvgIpc) is 2.90. The second-order valence-corrected chi connectivity index (χ2v) is 6.93. The van der Waals surface area contributed by atoms with E-state index in [9.17, 15) is 14.4 Å². The van der Waals surface area contributed by atoms with E-state index in [0.717, 1.165) is 24.0 Å². The molecule has 0 saturated carbocycles. The molecule has 0 saturated heterocycles. The van der Waals surface area contributed by atoms with E-state index in [-0.39, 0.29) is 23.8 Å². The summed E-state index contributed by atoms with van der Waals surface area (Å²) in [6.07, 6.45) is 1.67. The Morgan fingerprint density at radius 3 is 2.48 bits per heavy atom. The van der Waals surface area contributed by atoms with Crippen LogP contribution in [0.2, 0.25) is 0 Å². The molecular weight excluding hydrogens is 340 g/mol. The Hall–Kier alpha value is -2.95. The summed E-state index contributed by atoms with van der Waals surface area (Å²) >= 11 is 0. The summed E-state index contributed by atoms with van der Waals surface area (Å²) < 4.78 is 0. The Morgan fingerprint density at radius 2 is 1.78 bits per heavy atom. The Bertz CT molecular complexity index is 904. The molecule has 1 aliphatic heterocycles. The third-order valence-corrected chi connectivity index (χ3v) is 4.97. The van der Waals surface area contributed by atoms with E-state index in [0.29, 0.717) is 23.2 Å². The molecule has 2 aromatic rings. The van der Waals surface area contributed by atoms with Crippen LogP contribution in [0.1, 0.15) is 74.9 Å². The van der Waals surface area contributed by atoms with Gasteiger partial charge in [-0.1, -0.05) is 37.6 Å². The minimum Gasteiger partial charge on any atom is -0.346 e. The van der Waals surface area contributed by atoms with Crippen molar-refractivity contribution in [3.05, 3.63) is 70.3 Å². The molecule has 3 rings (SSSR count). The highest BCUT2D eigenvalue weighted by molar-refractivity contribution is 6.22. The minimum absolute atomic E-state index is 0.162. The molecule has 1 aliphatic rings. The zero-order valence-corrected chi connectivity index (χ0v) is 15.9. The number of hydrogen-bond donors (Lipinski definition) is 1. The summed E-state index contributed by atoms with van der Waals surface area (Å²) in [5, 5.41) is 2.97. The van der Waals surface area contributed by atoms with Gasteiger partial charge in [-0.25, -0.2) is 0 Å². The fourth-order valence-corrected chi connectivity index (χ4v) is 3.38. The van der Waals surface area contributed by atoms with Crippen LogP contribution >= 0.6 is 0 Å². The smallest absolute Gasteiger partial charge is 0.261 e. The Balaban J connectivity index is 1.79. The first-order valence-electron chi connectivity index (χ1n) is 9.30. The lowest BCUT2D eigenvalue weighted by Crippen LogP contribution is -2.30. The number of rotatable bonds is 6. The average molecular weight is 364 g/mol. The van der Waals surface area contributed by atoms with Crippen LogP contribution in [0.25, 0.3) is 0 Å². The highest BCUT2D eigenvalue weighted by Crippen LogP contribution is 2.25. The number of carbonyl (C=O) groups is 3. The van der Waals surface area contributed by atoms with Crippen molar-refractivity contribution in [3.63, 3.8) is 0 Å². The number of nitrogens with one attached hydrogen (secondary N) is 1. The van der Waals surface area contributed by atoms with E-state index in [1.54, 1.807) is 12.1 Å². The Kier molecular flexibility index (Phi) is 5.40. The second kappa shape index (κ2) is 7.74. The molecular formula is C22H24N2O3. The monoisotopic (exact) mass is 364 g/mol. The SMILES string of the molecule is CCCCN1C(=O)c2ccc(C(=O)NC(C)c3ccccc3C)cc2C1=O. The number of carbonyl (C=O) groups excluding carboxylic acids is 3. The van der Waals surface area contributed by atoms with Crippen molar-refractivity contribution >= 4 is 17.7 Å². The van der Waals surface area contributed by atoms with Gasteiger partial charge in [0, 0.05) is 12.1 Å². The lowest BCUT2D eigenvalue weighted by atomic mass is 10.0. The fourth-order valence-electron chi connectivity index (χ4n) is 3.38. The first-order valence-corrected chi connectivity index (χ1v) is 9.30. The summed E-state index contributed by atoms with van der Waals surface area (Å²) in [4.78, 5) is 38.9. The quantitative estimate of drug-likeness (QED) is 0.791. The van der Waals surface area contributed by atoms with Crippen LogP contribution in [0.4, 0.5) is 0 Å². The summed E-state index contributed by atoms with van der Waals surface area (Å²) in [7, 11) is 0. The van der Waals surface area contributed by atoms with Crippen LogP contribution in [-0.4, -0.2) is 29.2 Å². The maximum atomic E-state index is 12.7. The van der Waals surface area contributed by atoms with E-state index in [1.165, 1.54) is 11.0 Å². The van der Waals surface area contributed by atoms with Gasteiger partial charge in [0.25, 0.3) is 17.7 Å². The van der Waals surface area contributed by atoms with Gasteiger partial charge < -0.3 is 5.32 Å². The summed E-state index contributed by atoms with van der Waals surface area (Å²) in [5.41, 5.74) is 3.22. The molecule has 0 spiro atoms. The maximum absolute atomic E-state index is 12.7. The molecule has 3 amide bonds. The van der Waals surface area contributed by atoms with Gasteiger partial charge >= 0.3 is 0 Å². The largest absolute Gasteiger partial charge is 0.346 e. The normalized spacial score (nSPS) is 14.3. The topological polar surface area (TPSA) is 66.5 Å². The predicted octanol–water partition coefficient (Wildman–Crippen LogP) is 3.88. The number of benzene rings is 2. The van der Waals surface area contributed by atoms with Crippen molar-refractivity contribution in [1.82, 2.24) is 10.2 Å². The van der Waals surface area contributed by atoms with Crippen LogP contribution in [-0.2, 0) is 0 Å². The van der Waals surface area contributed by atoms with Gasteiger partial charge in [-0.05, 0) is 49.6 Å². The molecule has 0 aromatic heterocycles. The molecule has 5 heteroatoms. The van der Waals surface area contributed by atoms with E-state index >= 15 is 0 Å². The number of hydrogen-bond acceptors (Lipinski definition) is 3. The fraction of sp³-hybridized carbons (Fsp3) is 0.318. The van der Waals surface area contributed by atoms with Gasteiger partial charge in [-0.15, -0.1) is 0 Å². The molecule has 0 fully saturated rings. The Morgan fingerprint density at radius 1 is 1.07 bits per heavy atom. The number of nitrogens with zero attached hydrogens (tertiary/aromatic N) is 1. The summed E-state index contributed by atoms with van der Waals surface area (Å²) in [6.45, 7) is 6.35. The Labute approximate surface area is 159 Å². The van der Waals surface area contributed by atoms with Crippen molar-refractivity contribution in [1.29, 1.82) is 0 Å². The van der Waals surface area contributed by atoms with Crippen molar-refractivity contribution in [2.24, 2.45) is 0 Å². The van der Waals surface area contributed by atoms with Crippen molar-refractivity contribution in [3.8, 4) is 0 Å². The van der Waals surface area contributed by atoms with Crippen molar-refractivity contribution in [2.75, 3.05) is 6.54 Å². The standard InChI is InChI=1S/C22H24N2O3/c1-4-5-12-24-21(26)18-11-10-16(13-19(18)22(24)27)20(25)23-15(3)17-9-7-6-8-14(17)2/h6-11,13,15H,4-5,12H2,1-3H3,(H,23,25). The predicted molar refractivity (Wildman–Crippen MR) is 104 cm³/mol. The third kappa shape index (κ3) is 3.63. The zero-order valence-electron chi connectivity index (χ0n) is 15.9. The number of amides is 3. The highest BCUT2D eigenvalue weighted by atomic mass is 16.2. The van der Waals surface area contributed by atoms with Gasteiger partial charge in [-0.2, -0.15) is 0 Å². The van der Waals surface area contributed by atoms with Crippen LogP contribution in [0.3, 0.4) is 0 Å². The molecule has 27 heavy (non-hydrogen) atoms. The molecule has 140 valence electrons. The van der Waals surface area contributed by atoms with Gasteiger partial charge in [0.05, 0.1) is 17.2 Å². The van der Waals surface area contributed by atoms with E-state index in [2.05, 4.69) is 5.32 Å². The van der Waals surface area contributed by atoms with Gasteiger partial charge in [0.2, 0.25) is 0 Å². The molecule has 1 N–H and O–H groups in total. The van der Waals surface area contributed by atoms with E-state index in [1.807, 2.05) is 45.0 Å². The lowest BCUT2D eigenvalue weighted by molar-refractivity contribution is 0.0652. The van der Waals surface area contributed by atoms with Gasteiger partial charge in [0.15, 0.2) is 0 Å². The first-order chi connectivity index (χ1) is 12.9. The van der Waals surface area contributed by atoms with E-state index in [4.69, 9.17) is 0 Å². The van der Waals surface area contributed by atoms with Gasteiger partial charge in [-0.3, -0.25) is 19.3 Å². The van der Waals surface area contributed by atoms with Crippen molar-refractivity contribution in [2.45, 2.75) is 39.7 Å². The molecule has 0 bridgehead atoms. The maximum Gasteiger partial charge on any atom is 0.261 e. The molecule has 2 aromatic carbocycles. The number of fused-ring (bicyclic) bond motifs is 1. The third-order valence-electron chi connectivity index (χ3n) is 4.97. The molecule has 5 nitrogen and oxygen atoms in total. The second-order valence-electron chi connectivity index (χ2n) is 6.93. The number of aryl methyl sites for hydroxylation is 1. The molecule has 1 heterocycles. The molecule has 1 unspecified atom stereocenters. The molecule has 0 aliphatic carbocycles. The van der Waals surface area contributed by atoms with Crippen LogP contribution < -0.4 is 5.32 Å². The summed E-state index contributed by atoms with van der Waals surface area (Å²) in [6, 6.07) is 12.4. The number of unbranched alkanes of at least 4 members (excludes halogenated alkanes) is 1. The summed E-state index contributed by atoms with van der Waals surface area (Å²) in [5.74, 6) is -0.852.